The van der Waals surface area contributed by atoms with Gasteiger partial charge in [-0.25, -0.2) is 9.97 Å². The van der Waals surface area contributed by atoms with Crippen LogP contribution in [0.3, 0.4) is 0 Å². The van der Waals surface area contributed by atoms with Crippen LogP contribution in [0.4, 0.5) is 0 Å². The summed E-state index contributed by atoms with van der Waals surface area (Å²) in [6, 6.07) is 6.35. The topological polar surface area (TPSA) is 35.0 Å². The van der Waals surface area contributed by atoms with Crippen molar-refractivity contribution in [2.45, 2.75) is 45.1 Å². The zero-order chi connectivity index (χ0) is 18.1. The van der Waals surface area contributed by atoms with Crippen molar-refractivity contribution in [3.63, 3.8) is 0 Å². The quantitative estimate of drug-likeness (QED) is 0.326. The first-order chi connectivity index (χ1) is 12.6. The average Bonchev–Trinajstić information content (AvgIpc) is 2.96. The number of rotatable bonds is 5. The molecule has 136 valence electrons. The van der Waals surface area contributed by atoms with Gasteiger partial charge in [0.2, 0.25) is 0 Å². The van der Waals surface area contributed by atoms with E-state index in [4.69, 9.17) is 4.74 Å². The Kier molecular flexibility index (Phi) is 5.18. The van der Waals surface area contributed by atoms with E-state index >= 15 is 0 Å². The second-order valence-corrected chi connectivity index (χ2v) is 9.40. The Morgan fingerprint density at radius 1 is 1.19 bits per heavy atom. The molecule has 0 spiro atoms. The molecular formula is C21H24N2OS2. The maximum atomic E-state index is 5.95. The molecule has 4 rings (SSSR count). The SMILES string of the molecule is Cc1cc(C)cc(OCCSc2ncnc3sc4c(c23)CCC(C)C4)c1. The van der Waals surface area contributed by atoms with Crippen LogP contribution in [0, 0.1) is 19.8 Å². The van der Waals surface area contributed by atoms with Crippen molar-refractivity contribution in [3.05, 3.63) is 46.1 Å². The number of thioether (sulfide) groups is 1. The van der Waals surface area contributed by atoms with Gasteiger partial charge in [0, 0.05) is 16.0 Å². The normalized spacial score (nSPS) is 16.7. The summed E-state index contributed by atoms with van der Waals surface area (Å²) in [5.41, 5.74) is 3.98. The van der Waals surface area contributed by atoms with Crippen molar-refractivity contribution in [2.24, 2.45) is 5.92 Å². The number of ether oxygens (including phenoxy) is 1. The molecule has 0 saturated heterocycles. The number of hydrogen-bond donors (Lipinski definition) is 0. The van der Waals surface area contributed by atoms with Crippen molar-refractivity contribution < 1.29 is 4.74 Å². The Morgan fingerprint density at radius 2 is 2.00 bits per heavy atom. The van der Waals surface area contributed by atoms with E-state index in [1.807, 2.05) is 11.3 Å². The van der Waals surface area contributed by atoms with Crippen molar-refractivity contribution in [1.82, 2.24) is 9.97 Å². The highest BCUT2D eigenvalue weighted by molar-refractivity contribution is 7.99. The maximum absolute atomic E-state index is 5.95. The molecule has 0 radical (unpaired) electrons. The number of aromatic nitrogens is 2. The molecule has 1 aliphatic rings. The molecule has 0 fully saturated rings. The fourth-order valence-electron chi connectivity index (χ4n) is 3.67. The lowest BCUT2D eigenvalue weighted by Crippen LogP contribution is -2.08. The molecule has 2 heterocycles. The van der Waals surface area contributed by atoms with Gasteiger partial charge in [-0.1, -0.05) is 13.0 Å². The van der Waals surface area contributed by atoms with E-state index in [0.717, 1.165) is 33.7 Å². The summed E-state index contributed by atoms with van der Waals surface area (Å²) in [7, 11) is 0. The molecule has 1 unspecified atom stereocenters. The largest absolute Gasteiger partial charge is 0.493 e. The van der Waals surface area contributed by atoms with Gasteiger partial charge in [-0.15, -0.1) is 23.1 Å². The smallest absolute Gasteiger partial charge is 0.128 e. The van der Waals surface area contributed by atoms with Gasteiger partial charge in [0.05, 0.1) is 6.61 Å². The minimum absolute atomic E-state index is 0.683. The van der Waals surface area contributed by atoms with Gasteiger partial charge in [0.15, 0.2) is 0 Å². The van der Waals surface area contributed by atoms with E-state index in [2.05, 4.69) is 48.9 Å². The lowest BCUT2D eigenvalue weighted by atomic mass is 9.89. The third-order valence-corrected chi connectivity index (χ3v) is 6.96. The molecule has 0 aliphatic heterocycles. The average molecular weight is 385 g/mol. The molecule has 0 bridgehead atoms. The van der Waals surface area contributed by atoms with E-state index in [1.165, 1.54) is 39.8 Å². The van der Waals surface area contributed by atoms with Gasteiger partial charge < -0.3 is 4.74 Å². The van der Waals surface area contributed by atoms with Crippen molar-refractivity contribution in [3.8, 4) is 5.75 Å². The molecule has 2 aromatic heterocycles. The predicted molar refractivity (Wildman–Crippen MR) is 111 cm³/mol. The second-order valence-electron chi connectivity index (χ2n) is 7.23. The summed E-state index contributed by atoms with van der Waals surface area (Å²) in [4.78, 5) is 11.8. The Hall–Kier alpha value is -1.59. The van der Waals surface area contributed by atoms with Gasteiger partial charge in [-0.2, -0.15) is 0 Å². The fourth-order valence-corrected chi connectivity index (χ4v) is 5.93. The fraction of sp³-hybridized carbons (Fsp3) is 0.429. The van der Waals surface area contributed by atoms with Crippen molar-refractivity contribution >= 4 is 33.3 Å². The lowest BCUT2D eigenvalue weighted by Gasteiger charge is -2.18. The lowest BCUT2D eigenvalue weighted by molar-refractivity contribution is 0.343. The Balaban J connectivity index is 1.46. The monoisotopic (exact) mass is 384 g/mol. The van der Waals surface area contributed by atoms with Crippen LogP contribution in [-0.2, 0) is 12.8 Å². The summed E-state index contributed by atoms with van der Waals surface area (Å²) >= 11 is 3.65. The standard InChI is InChI=1S/C21H24N2OS2/c1-13-4-5-17-18(11-13)26-21-19(17)20(22-12-23-21)25-7-6-24-16-9-14(2)8-15(3)10-16/h8-10,12-13H,4-7,11H2,1-3H3. The zero-order valence-corrected chi connectivity index (χ0v) is 17.2. The number of thiophene rings is 1. The number of fused-ring (bicyclic) bond motifs is 3. The van der Waals surface area contributed by atoms with Crippen LogP contribution < -0.4 is 4.74 Å². The molecule has 0 N–H and O–H groups in total. The molecule has 1 atom stereocenters. The molecule has 1 aliphatic carbocycles. The van der Waals surface area contributed by atoms with Crippen LogP contribution in [0.1, 0.15) is 34.9 Å². The molecular weight excluding hydrogens is 360 g/mol. The van der Waals surface area contributed by atoms with E-state index in [9.17, 15) is 0 Å². The van der Waals surface area contributed by atoms with Gasteiger partial charge in [0.25, 0.3) is 0 Å². The third kappa shape index (κ3) is 3.74. The maximum Gasteiger partial charge on any atom is 0.128 e. The summed E-state index contributed by atoms with van der Waals surface area (Å²) < 4.78 is 5.95. The number of aryl methyl sites for hydroxylation is 3. The minimum Gasteiger partial charge on any atom is -0.493 e. The molecule has 5 heteroatoms. The highest BCUT2D eigenvalue weighted by Gasteiger charge is 2.23. The number of benzene rings is 1. The highest BCUT2D eigenvalue weighted by Crippen LogP contribution is 2.40. The number of hydrogen-bond acceptors (Lipinski definition) is 5. The van der Waals surface area contributed by atoms with Crippen LogP contribution in [0.5, 0.6) is 5.75 Å². The summed E-state index contributed by atoms with van der Waals surface area (Å²) in [5, 5.41) is 2.42. The third-order valence-electron chi connectivity index (χ3n) is 4.84. The van der Waals surface area contributed by atoms with Gasteiger partial charge in [0.1, 0.15) is 21.9 Å². The molecule has 0 saturated carbocycles. The van der Waals surface area contributed by atoms with Crippen LogP contribution >= 0.6 is 23.1 Å². The van der Waals surface area contributed by atoms with Crippen LogP contribution in [-0.4, -0.2) is 22.3 Å². The summed E-state index contributed by atoms with van der Waals surface area (Å²) in [5.74, 6) is 2.63. The van der Waals surface area contributed by atoms with E-state index in [0.29, 0.717) is 6.61 Å². The molecule has 3 nitrogen and oxygen atoms in total. The van der Waals surface area contributed by atoms with Crippen LogP contribution in [0.2, 0.25) is 0 Å². The first-order valence-corrected chi connectivity index (χ1v) is 11.0. The van der Waals surface area contributed by atoms with E-state index in [-0.39, 0.29) is 0 Å². The zero-order valence-electron chi connectivity index (χ0n) is 15.5. The Bertz CT molecular complexity index is 915. The first-order valence-electron chi connectivity index (χ1n) is 9.19. The second kappa shape index (κ2) is 7.57. The van der Waals surface area contributed by atoms with Gasteiger partial charge in [-0.3, -0.25) is 0 Å². The Morgan fingerprint density at radius 3 is 2.81 bits per heavy atom. The first kappa shape index (κ1) is 17.8. The summed E-state index contributed by atoms with van der Waals surface area (Å²) in [6.07, 6.45) is 5.33. The Labute approximate surface area is 163 Å². The van der Waals surface area contributed by atoms with Crippen molar-refractivity contribution in [1.29, 1.82) is 0 Å². The van der Waals surface area contributed by atoms with E-state index in [1.54, 1.807) is 18.1 Å². The predicted octanol–water partition coefficient (Wildman–Crippen LogP) is 5.60. The molecule has 3 aromatic rings. The van der Waals surface area contributed by atoms with Gasteiger partial charge in [-0.05, 0) is 67.9 Å². The van der Waals surface area contributed by atoms with E-state index < -0.39 is 0 Å². The molecule has 0 amide bonds. The highest BCUT2D eigenvalue weighted by atomic mass is 32.2. The van der Waals surface area contributed by atoms with Crippen LogP contribution in [0.15, 0.2) is 29.6 Å². The molecule has 26 heavy (non-hydrogen) atoms. The summed E-state index contributed by atoms with van der Waals surface area (Å²) in [6.45, 7) is 7.24. The van der Waals surface area contributed by atoms with Crippen molar-refractivity contribution in [2.75, 3.05) is 12.4 Å². The number of nitrogens with zero attached hydrogens (tertiary/aromatic N) is 2. The molecule has 1 aromatic carbocycles. The van der Waals surface area contributed by atoms with Gasteiger partial charge >= 0.3 is 0 Å². The van der Waals surface area contributed by atoms with Crippen LogP contribution in [0.25, 0.3) is 10.2 Å². The minimum atomic E-state index is 0.683.